The zero-order valence-electron chi connectivity index (χ0n) is 13.2. The van der Waals surface area contributed by atoms with E-state index in [4.69, 9.17) is 10.5 Å². The van der Waals surface area contributed by atoms with Gasteiger partial charge in [-0.15, -0.1) is 0 Å². The number of nitrogen functional groups attached to an aromatic ring is 1. The van der Waals surface area contributed by atoms with Gasteiger partial charge in [0.15, 0.2) is 0 Å². The van der Waals surface area contributed by atoms with Crippen LogP contribution in [-0.4, -0.2) is 29.1 Å². The van der Waals surface area contributed by atoms with E-state index in [0.29, 0.717) is 11.4 Å². The van der Waals surface area contributed by atoms with Crippen LogP contribution in [0.2, 0.25) is 0 Å². The minimum absolute atomic E-state index is 0.0478. The van der Waals surface area contributed by atoms with Gasteiger partial charge in [0.2, 0.25) is 0 Å². The van der Waals surface area contributed by atoms with E-state index in [-0.39, 0.29) is 23.6 Å². The molecule has 1 aromatic heterocycles. The van der Waals surface area contributed by atoms with Crippen LogP contribution < -0.4 is 21.9 Å². The summed E-state index contributed by atoms with van der Waals surface area (Å²) in [6.07, 6.45) is -0.640. The Balaban J connectivity index is 2.08. The molecule has 4 N–H and O–H groups in total. The molecule has 3 rings (SSSR count). The number of carbonyl (C=O) groups is 3. The Morgan fingerprint density at radius 1 is 1.24 bits per heavy atom. The fraction of sp³-hybridized carbons (Fsp3) is 0.125. The zero-order chi connectivity index (χ0) is 18.1. The average Bonchev–Trinajstić information content (AvgIpc) is 2.82. The van der Waals surface area contributed by atoms with Gasteiger partial charge in [0, 0.05) is 11.8 Å². The number of fused-ring (bicyclic) bond motifs is 1. The van der Waals surface area contributed by atoms with E-state index in [9.17, 15) is 19.2 Å². The van der Waals surface area contributed by atoms with Crippen molar-refractivity contribution in [3.8, 4) is 5.69 Å². The number of pyridine rings is 1. The SMILES string of the molecule is CCOC(=O)Nc1cccc(-n2c(N)c3c(cc2=O)C(=O)NC3=O)c1. The van der Waals surface area contributed by atoms with Crippen molar-refractivity contribution in [1.82, 2.24) is 9.88 Å². The van der Waals surface area contributed by atoms with Gasteiger partial charge in [-0.3, -0.25) is 29.6 Å². The van der Waals surface area contributed by atoms with Gasteiger partial charge in [0.25, 0.3) is 17.4 Å². The number of nitrogens with zero attached hydrogens (tertiary/aromatic N) is 1. The van der Waals surface area contributed by atoms with Crippen molar-refractivity contribution in [2.45, 2.75) is 6.92 Å². The van der Waals surface area contributed by atoms with E-state index in [1.165, 1.54) is 6.07 Å². The van der Waals surface area contributed by atoms with Gasteiger partial charge >= 0.3 is 6.09 Å². The van der Waals surface area contributed by atoms with Gasteiger partial charge in [-0.25, -0.2) is 4.79 Å². The average molecular weight is 342 g/mol. The molecule has 9 heteroatoms. The van der Waals surface area contributed by atoms with Crippen molar-refractivity contribution in [3.63, 3.8) is 0 Å². The number of benzene rings is 1. The second kappa shape index (κ2) is 6.11. The third-order valence-corrected chi connectivity index (χ3v) is 3.58. The molecule has 0 fully saturated rings. The number of anilines is 2. The molecule has 2 heterocycles. The Labute approximate surface area is 141 Å². The second-order valence-corrected chi connectivity index (χ2v) is 5.17. The summed E-state index contributed by atoms with van der Waals surface area (Å²) in [4.78, 5) is 47.4. The Hall–Kier alpha value is -3.62. The molecule has 0 aliphatic carbocycles. The van der Waals surface area contributed by atoms with Crippen LogP contribution in [0.15, 0.2) is 35.1 Å². The lowest BCUT2D eigenvalue weighted by molar-refractivity contribution is 0.0879. The van der Waals surface area contributed by atoms with Crippen LogP contribution >= 0.6 is 0 Å². The molecule has 128 valence electrons. The van der Waals surface area contributed by atoms with Gasteiger partial charge in [-0.2, -0.15) is 0 Å². The highest BCUT2D eigenvalue weighted by molar-refractivity contribution is 6.23. The van der Waals surface area contributed by atoms with Gasteiger partial charge in [-0.1, -0.05) is 6.07 Å². The number of carbonyl (C=O) groups excluding carboxylic acids is 3. The smallest absolute Gasteiger partial charge is 0.411 e. The normalized spacial score (nSPS) is 12.5. The number of imide groups is 1. The van der Waals surface area contributed by atoms with Gasteiger partial charge in [-0.05, 0) is 25.1 Å². The first-order valence-electron chi connectivity index (χ1n) is 7.37. The van der Waals surface area contributed by atoms with E-state index in [2.05, 4.69) is 10.6 Å². The van der Waals surface area contributed by atoms with Gasteiger partial charge < -0.3 is 10.5 Å². The molecule has 1 aromatic carbocycles. The number of hydrogen-bond donors (Lipinski definition) is 3. The van der Waals surface area contributed by atoms with E-state index in [1.807, 2.05) is 0 Å². The van der Waals surface area contributed by atoms with Crippen LogP contribution in [0.1, 0.15) is 27.6 Å². The maximum absolute atomic E-state index is 12.4. The minimum Gasteiger partial charge on any atom is -0.450 e. The van der Waals surface area contributed by atoms with Crippen LogP contribution in [0, 0.1) is 0 Å². The van der Waals surface area contributed by atoms with Crippen molar-refractivity contribution in [2.75, 3.05) is 17.7 Å². The monoisotopic (exact) mass is 342 g/mol. The summed E-state index contributed by atoms with van der Waals surface area (Å²) in [5.41, 5.74) is 5.99. The molecule has 2 aromatic rings. The van der Waals surface area contributed by atoms with Gasteiger partial charge in [0.1, 0.15) is 5.82 Å². The Kier molecular flexibility index (Phi) is 3.97. The number of amides is 3. The van der Waals surface area contributed by atoms with E-state index in [1.54, 1.807) is 25.1 Å². The molecule has 0 unspecified atom stereocenters. The fourth-order valence-electron chi connectivity index (χ4n) is 2.55. The van der Waals surface area contributed by atoms with Crippen molar-refractivity contribution in [2.24, 2.45) is 0 Å². The quantitative estimate of drug-likeness (QED) is 0.709. The highest BCUT2D eigenvalue weighted by Gasteiger charge is 2.31. The molecule has 9 nitrogen and oxygen atoms in total. The standard InChI is InChI=1S/C16H14N4O5/c1-2-25-16(24)18-8-4-3-5-9(6-8)20-11(21)7-10-12(13(20)17)15(23)19-14(10)22/h3-7H,2,17H2,1H3,(H,18,24)(H,19,22,23). The molecule has 1 aliphatic heterocycles. The number of nitrogens with two attached hydrogens (primary N) is 1. The van der Waals surface area contributed by atoms with Crippen molar-refractivity contribution in [1.29, 1.82) is 0 Å². The number of nitrogens with one attached hydrogen (secondary N) is 2. The molecular formula is C16H14N4O5. The molecule has 0 atom stereocenters. The summed E-state index contributed by atoms with van der Waals surface area (Å²) >= 11 is 0. The predicted molar refractivity (Wildman–Crippen MR) is 88.9 cm³/mol. The molecule has 0 saturated carbocycles. The summed E-state index contributed by atoms with van der Waals surface area (Å²) < 4.78 is 5.88. The van der Waals surface area contributed by atoms with Crippen molar-refractivity contribution < 1.29 is 19.1 Å². The lowest BCUT2D eigenvalue weighted by Gasteiger charge is -2.13. The summed E-state index contributed by atoms with van der Waals surface area (Å²) in [5.74, 6) is -1.47. The van der Waals surface area contributed by atoms with E-state index >= 15 is 0 Å². The zero-order valence-corrected chi connectivity index (χ0v) is 13.2. The summed E-state index contributed by atoms with van der Waals surface area (Å²) in [6, 6.07) is 7.33. The first-order valence-corrected chi connectivity index (χ1v) is 7.37. The number of hydrogen-bond acceptors (Lipinski definition) is 6. The molecule has 0 saturated heterocycles. The number of aromatic nitrogens is 1. The van der Waals surface area contributed by atoms with Crippen molar-refractivity contribution in [3.05, 3.63) is 51.8 Å². The van der Waals surface area contributed by atoms with E-state index < -0.39 is 23.5 Å². The van der Waals surface area contributed by atoms with E-state index in [0.717, 1.165) is 10.6 Å². The van der Waals surface area contributed by atoms with Crippen LogP contribution in [0.3, 0.4) is 0 Å². The molecule has 25 heavy (non-hydrogen) atoms. The molecule has 3 amide bonds. The maximum Gasteiger partial charge on any atom is 0.411 e. The topological polar surface area (TPSA) is 133 Å². The third kappa shape index (κ3) is 2.82. The fourth-order valence-corrected chi connectivity index (χ4v) is 2.55. The number of rotatable bonds is 3. The molecule has 0 bridgehead atoms. The molecule has 1 aliphatic rings. The molecular weight excluding hydrogens is 328 g/mol. The first-order chi connectivity index (χ1) is 11.9. The van der Waals surface area contributed by atoms with Crippen LogP contribution in [0.25, 0.3) is 5.69 Å². The Bertz CT molecular complexity index is 963. The van der Waals surface area contributed by atoms with Crippen LogP contribution in [0.4, 0.5) is 16.3 Å². The summed E-state index contributed by atoms with van der Waals surface area (Å²) in [6.45, 7) is 1.89. The Morgan fingerprint density at radius 2 is 2.00 bits per heavy atom. The molecule has 0 spiro atoms. The minimum atomic E-state index is -0.660. The third-order valence-electron chi connectivity index (χ3n) is 3.58. The predicted octanol–water partition coefficient (Wildman–Crippen LogP) is 0.872. The summed E-state index contributed by atoms with van der Waals surface area (Å²) in [7, 11) is 0. The van der Waals surface area contributed by atoms with Crippen LogP contribution in [0.5, 0.6) is 0 Å². The highest BCUT2D eigenvalue weighted by Crippen LogP contribution is 2.24. The van der Waals surface area contributed by atoms with Gasteiger partial charge in [0.05, 0.1) is 23.4 Å². The number of ether oxygens (including phenoxy) is 1. The summed E-state index contributed by atoms with van der Waals surface area (Å²) in [5, 5.41) is 4.61. The lowest BCUT2D eigenvalue weighted by Crippen LogP contribution is -2.24. The van der Waals surface area contributed by atoms with Crippen LogP contribution in [-0.2, 0) is 4.74 Å². The molecule has 0 radical (unpaired) electrons. The van der Waals surface area contributed by atoms with Crippen molar-refractivity contribution >= 4 is 29.4 Å². The maximum atomic E-state index is 12.4. The second-order valence-electron chi connectivity index (χ2n) is 5.17. The lowest BCUT2D eigenvalue weighted by atomic mass is 10.1. The largest absolute Gasteiger partial charge is 0.450 e. The highest BCUT2D eigenvalue weighted by atomic mass is 16.5. The first kappa shape index (κ1) is 16.2. The Morgan fingerprint density at radius 3 is 2.72 bits per heavy atom.